The number of hydrogen-bond donors (Lipinski definition) is 3. The number of piperidine rings is 2. The number of esters is 2. The third kappa shape index (κ3) is 21.1. The molecule has 484 valence electrons. The maximum atomic E-state index is 13.0. The van der Waals surface area contributed by atoms with Gasteiger partial charge in [0.05, 0.1) is 33.3 Å². The second kappa shape index (κ2) is 31.0. The molecule has 2 amide bonds. The van der Waals surface area contributed by atoms with Crippen LogP contribution in [0.5, 0.6) is 23.0 Å². The molecule has 0 aliphatic carbocycles. The fourth-order valence-electron chi connectivity index (χ4n) is 10.3. The van der Waals surface area contributed by atoms with E-state index in [9.17, 15) is 41.1 Å². The van der Waals surface area contributed by atoms with Crippen molar-refractivity contribution in [2.75, 3.05) is 77.8 Å². The number of likely N-dealkylation sites (tertiary alicyclic amines) is 2. The number of nitrogens with two attached hydrogens (primary N) is 2. The van der Waals surface area contributed by atoms with Gasteiger partial charge in [-0.05, 0) is 165 Å². The molecule has 2 aromatic heterocycles. The zero-order valence-corrected chi connectivity index (χ0v) is 54.2. The minimum Gasteiger partial charge on any atom is -0.464 e. The van der Waals surface area contributed by atoms with Gasteiger partial charge in [0.15, 0.2) is 11.4 Å². The zero-order valence-electron chi connectivity index (χ0n) is 51.8. The summed E-state index contributed by atoms with van der Waals surface area (Å²) in [6.07, 6.45) is 4.42. The summed E-state index contributed by atoms with van der Waals surface area (Å²) in [5, 5.41) is 9.92. The van der Waals surface area contributed by atoms with E-state index in [1.54, 1.807) is 46.2 Å². The number of imidazole rings is 2. The van der Waals surface area contributed by atoms with E-state index < -0.39 is 42.3 Å². The molecule has 27 heteroatoms. The van der Waals surface area contributed by atoms with E-state index in [1.807, 2.05) is 114 Å². The molecule has 2 atom stereocenters. The number of aromatic nitrogens is 4. The Kier molecular flexibility index (Phi) is 24.5. The summed E-state index contributed by atoms with van der Waals surface area (Å²) in [5.41, 5.74) is 1.00. The maximum Gasteiger partial charge on any atom is 0.410 e. The number of nitrogen functional groups attached to an aromatic ring is 2. The normalized spacial score (nSPS) is 14.8. The number of benzene rings is 4. The Morgan fingerprint density at radius 2 is 0.899 bits per heavy atom. The molecule has 2 unspecified atom stereocenters. The lowest BCUT2D eigenvalue weighted by atomic mass is 9.82. The lowest BCUT2D eigenvalue weighted by molar-refractivity contribution is 0.0159. The number of aliphatic hydroxyl groups is 1. The number of carbonyl (C=O) groups is 4. The van der Waals surface area contributed by atoms with E-state index in [2.05, 4.69) is 10.7 Å². The summed E-state index contributed by atoms with van der Waals surface area (Å²) in [7, 11) is 0.186. The molecule has 2 fully saturated rings. The lowest BCUT2D eigenvalue weighted by Gasteiger charge is -2.36. The topological polar surface area (TPSA) is 316 Å². The van der Waals surface area contributed by atoms with Gasteiger partial charge in [0.2, 0.25) is 9.05 Å². The number of hydrogen-bond acceptors (Lipinski definition) is 20. The van der Waals surface area contributed by atoms with Gasteiger partial charge in [-0.15, -0.1) is 0 Å². The van der Waals surface area contributed by atoms with Gasteiger partial charge >= 0.3 is 24.1 Å². The standard InChI is InChI=1S/C31H40N4O8S.C30H38N4O6.CH3ClO2S/c1-31(2,3)43-30(37)34-18-15-21(16-19-34)25(17-20-41-44(5,38)39)28-33-26(27(35(28)32)29(36)40-4)22-11-13-24(14-12-22)42-23-9-7-6-8-10-23;1-30(2,3)40-29(37)33-17-14-20(15-18-33)24(16-19-35)27-32-25(26(34(27)31)28(36)38-4)21-10-12-23(13-11-21)39-22-8-6-5-7-9-22;1-5(2,3)4/h6-14,21,25H,15-20,32H2,1-5H3;5-13,20,24,35H,14-19,31H2,1-4H3;1H3. The molecule has 0 spiro atoms. The first kappa shape index (κ1) is 70.2. The summed E-state index contributed by atoms with van der Waals surface area (Å²) < 4.78 is 82.8. The van der Waals surface area contributed by atoms with E-state index in [1.165, 1.54) is 23.6 Å². The van der Waals surface area contributed by atoms with Crippen LogP contribution in [0, 0.1) is 11.8 Å². The highest BCUT2D eigenvalue weighted by molar-refractivity contribution is 8.13. The van der Waals surface area contributed by atoms with Gasteiger partial charge in [-0.1, -0.05) is 36.4 Å². The highest BCUT2D eigenvalue weighted by Gasteiger charge is 2.38. The SMILES string of the molecule is COC(=O)c1c(-c2ccc(Oc3ccccc3)cc2)nc(C(CCO)C2CCN(C(=O)OC(C)(C)C)CC2)n1N.COC(=O)c1c(-c2ccc(Oc3ccccc3)cc2)nc(C(CCOS(C)(=O)=O)C2CCN(C(=O)OC(C)(C)C)CC2)n1N.CS(=O)(=O)Cl. The van der Waals surface area contributed by atoms with Crippen molar-refractivity contribution in [3.05, 3.63) is 132 Å². The summed E-state index contributed by atoms with van der Waals surface area (Å²) in [5.74, 6) is 14.7. The highest BCUT2D eigenvalue weighted by atomic mass is 35.7. The van der Waals surface area contributed by atoms with Gasteiger partial charge in [-0.3, -0.25) is 4.18 Å². The Morgan fingerprint density at radius 1 is 0.573 bits per heavy atom. The Labute approximate surface area is 524 Å². The Bertz CT molecular complexity index is 3540. The third-order valence-electron chi connectivity index (χ3n) is 14.2. The van der Waals surface area contributed by atoms with Crippen LogP contribution in [0.15, 0.2) is 109 Å². The number of aliphatic hydroxyl groups excluding tert-OH is 1. The minimum atomic E-state index is -3.68. The molecule has 5 N–H and O–H groups in total. The number of para-hydroxylation sites is 2. The van der Waals surface area contributed by atoms with Crippen molar-refractivity contribution >= 4 is 54.0 Å². The predicted octanol–water partition coefficient (Wildman–Crippen LogP) is 10.1. The molecule has 2 aliphatic heterocycles. The van der Waals surface area contributed by atoms with Crippen LogP contribution in [-0.4, -0.2) is 153 Å². The number of methoxy groups -OCH3 is 2. The number of nitrogens with zero attached hydrogens (tertiary/aromatic N) is 6. The van der Waals surface area contributed by atoms with Crippen molar-refractivity contribution in [2.24, 2.45) is 11.8 Å². The molecule has 4 aromatic carbocycles. The van der Waals surface area contributed by atoms with Crippen LogP contribution >= 0.6 is 10.7 Å². The Hall–Kier alpha value is -7.91. The van der Waals surface area contributed by atoms with Crippen molar-refractivity contribution in [2.45, 2.75) is 103 Å². The first-order valence-corrected chi connectivity index (χ1v) is 33.3. The number of rotatable bonds is 18. The smallest absolute Gasteiger partial charge is 0.410 e. The van der Waals surface area contributed by atoms with Crippen LogP contribution < -0.4 is 21.2 Å². The number of amides is 2. The summed E-state index contributed by atoms with van der Waals surface area (Å²) in [6, 6.07) is 33.1. The lowest BCUT2D eigenvalue weighted by Crippen LogP contribution is -2.43. The van der Waals surface area contributed by atoms with Gasteiger partial charge in [0.25, 0.3) is 10.1 Å². The molecule has 0 radical (unpaired) electrons. The van der Waals surface area contributed by atoms with Crippen molar-refractivity contribution in [3.63, 3.8) is 0 Å². The largest absolute Gasteiger partial charge is 0.464 e. The van der Waals surface area contributed by atoms with Crippen molar-refractivity contribution in [1.29, 1.82) is 0 Å². The van der Waals surface area contributed by atoms with Crippen LogP contribution in [0.2, 0.25) is 0 Å². The van der Waals surface area contributed by atoms with Gasteiger partial charge in [0.1, 0.15) is 57.2 Å². The number of carbonyl (C=O) groups excluding carboxylic acids is 4. The maximum absolute atomic E-state index is 13.0. The van der Waals surface area contributed by atoms with Crippen LogP contribution in [0.1, 0.15) is 125 Å². The number of ether oxygens (including phenoxy) is 6. The van der Waals surface area contributed by atoms with E-state index in [0.29, 0.717) is 115 Å². The Balaban J connectivity index is 0.000000264. The van der Waals surface area contributed by atoms with E-state index >= 15 is 0 Å². The molecule has 89 heavy (non-hydrogen) atoms. The Morgan fingerprint density at radius 3 is 1.20 bits per heavy atom. The summed E-state index contributed by atoms with van der Waals surface area (Å²) in [6.45, 7) is 12.7. The van der Waals surface area contributed by atoms with Crippen molar-refractivity contribution in [3.8, 4) is 45.5 Å². The average Bonchev–Trinajstić information content (AvgIpc) is 2.48. The quantitative estimate of drug-likeness (QED) is 0.0237. The molecule has 8 rings (SSSR count). The first-order valence-electron chi connectivity index (χ1n) is 28.8. The van der Waals surface area contributed by atoms with Crippen LogP contribution in [0.25, 0.3) is 22.5 Å². The van der Waals surface area contributed by atoms with Gasteiger partial charge in [0, 0.05) is 66.4 Å². The first-order chi connectivity index (χ1) is 41.9. The molecule has 2 aliphatic rings. The van der Waals surface area contributed by atoms with E-state index in [-0.39, 0.29) is 66.9 Å². The predicted molar refractivity (Wildman–Crippen MR) is 336 cm³/mol. The molecule has 4 heterocycles. The average molecular weight is 1290 g/mol. The summed E-state index contributed by atoms with van der Waals surface area (Å²) in [4.78, 5) is 64.1. The second-order valence-electron chi connectivity index (χ2n) is 23.3. The minimum absolute atomic E-state index is 0.0402. The number of halogens is 1. The molecule has 6 aromatic rings. The fourth-order valence-corrected chi connectivity index (χ4v) is 10.7. The van der Waals surface area contributed by atoms with Gasteiger partial charge in [-0.25, -0.2) is 46.9 Å². The monoisotopic (exact) mass is 1290 g/mol. The molecule has 24 nitrogen and oxygen atoms in total. The molecule has 0 bridgehead atoms. The van der Waals surface area contributed by atoms with E-state index in [4.69, 9.17) is 54.3 Å². The molecule has 2 saturated heterocycles. The molecular formula is C62H81ClN8O16S2. The fraction of sp³-hybridized carbons (Fsp3) is 0.452. The third-order valence-corrected chi connectivity index (χ3v) is 14.8. The van der Waals surface area contributed by atoms with Crippen LogP contribution in [0.4, 0.5) is 9.59 Å². The van der Waals surface area contributed by atoms with Crippen LogP contribution in [-0.2, 0) is 42.3 Å². The van der Waals surface area contributed by atoms with Crippen molar-refractivity contribution < 1.29 is 73.7 Å². The summed E-state index contributed by atoms with van der Waals surface area (Å²) >= 11 is 0. The second-order valence-corrected chi connectivity index (χ2v) is 28.0. The van der Waals surface area contributed by atoms with Crippen LogP contribution in [0.3, 0.4) is 0 Å². The molecular weight excluding hydrogens is 1210 g/mol. The molecule has 0 saturated carbocycles. The zero-order chi connectivity index (χ0) is 65.4. The van der Waals surface area contributed by atoms with Gasteiger partial charge in [-0.2, -0.15) is 8.42 Å². The van der Waals surface area contributed by atoms with Crippen molar-refractivity contribution in [1.82, 2.24) is 29.1 Å². The van der Waals surface area contributed by atoms with Gasteiger partial charge < -0.3 is 55.0 Å². The highest BCUT2D eigenvalue weighted by Crippen LogP contribution is 2.40. The van der Waals surface area contributed by atoms with E-state index in [0.717, 1.165) is 12.5 Å².